The van der Waals surface area contributed by atoms with Crippen LogP contribution in [0.5, 0.6) is 0 Å². The van der Waals surface area contributed by atoms with Crippen molar-refractivity contribution in [2.24, 2.45) is 0 Å². The molecule has 0 N–H and O–H groups in total. The second-order valence-electron chi connectivity index (χ2n) is 25.0. The SMILES string of the molecule is CCc1ccc2c(c1-c1cc([Si](C)(C)C)cc([Si](C)(C)C)c1)C=C(C)[CH]2[Zr]([Cl])([Cl])([c]1cccc2c1[SiH2]c1ccccc1-2)[CH]1C(C)=Cc2c1ccc(CC)c2-c1cc([Si](C)(C)C)cc([Si](C)(C)C)c1. The molecule has 2 unspecified atom stereocenters. The van der Waals surface area contributed by atoms with Gasteiger partial charge in [-0.3, -0.25) is 0 Å². The minimum atomic E-state index is -5.66. The predicted octanol–water partition coefficient (Wildman–Crippen LogP) is 13.4. The van der Waals surface area contributed by atoms with Gasteiger partial charge in [-0.05, 0) is 0 Å². The molecule has 0 fully saturated rings. The summed E-state index contributed by atoms with van der Waals surface area (Å²) >= 11 is -5.66. The minimum absolute atomic E-state index is 0.109. The molecule has 6 aromatic rings. The molecule has 68 heavy (non-hydrogen) atoms. The van der Waals surface area contributed by atoms with Gasteiger partial charge >= 0.3 is 429 Å². The quantitative estimate of drug-likeness (QED) is 0.113. The van der Waals surface area contributed by atoms with E-state index in [1.165, 1.54) is 91.6 Å². The molecule has 6 aromatic carbocycles. The van der Waals surface area contributed by atoms with Gasteiger partial charge < -0.3 is 0 Å². The molecule has 0 bridgehead atoms. The van der Waals surface area contributed by atoms with Crippen molar-refractivity contribution in [2.75, 3.05) is 0 Å². The van der Waals surface area contributed by atoms with E-state index in [0.29, 0.717) is 0 Å². The summed E-state index contributed by atoms with van der Waals surface area (Å²) in [6.07, 6.45) is 7.01. The normalized spacial score (nSPS) is 17.9. The molecule has 9 rings (SSSR count). The van der Waals surface area contributed by atoms with Gasteiger partial charge in [0.25, 0.3) is 0 Å². The monoisotopic (exact) mass is 1100 g/mol. The van der Waals surface area contributed by atoms with Crippen molar-refractivity contribution in [3.05, 3.63) is 148 Å². The van der Waals surface area contributed by atoms with Crippen LogP contribution in [0.15, 0.2) is 114 Å². The molecular weight excluding hydrogens is 1020 g/mol. The van der Waals surface area contributed by atoms with Crippen molar-refractivity contribution in [1.82, 2.24) is 0 Å². The fourth-order valence-corrected chi connectivity index (χ4v) is 46.1. The van der Waals surface area contributed by atoms with Gasteiger partial charge in [-0.15, -0.1) is 0 Å². The standard InChI is InChI=1S/2C24H33Si2.C12H9Si.2ClH.Zr/c2*1-9-18-10-11-19-12-17(2)13-23(19)24(18)20-14-21(25(3,4)5)16-22(15-20)26(6,7)8;1-3-7-11-9(5-1)10-6-2-4-8-12(10)13-11;;;/h2*10-16H,9H2,1-8H3;1-7H,13H2;2*1H;/q;;;;;+2/p-2. The Kier molecular flexibility index (Phi) is 12.8. The second-order valence-corrected chi connectivity index (χ2v) is 67.7. The van der Waals surface area contributed by atoms with Crippen molar-refractivity contribution in [3.63, 3.8) is 0 Å². The molecule has 3 aliphatic rings. The second kappa shape index (κ2) is 17.3. The van der Waals surface area contributed by atoms with Gasteiger partial charge in [0, 0.05) is 0 Å². The van der Waals surface area contributed by atoms with Crippen LogP contribution < -0.4 is 34.4 Å². The number of rotatable bonds is 11. The molecule has 0 nitrogen and oxygen atoms in total. The van der Waals surface area contributed by atoms with Crippen LogP contribution in [-0.2, 0) is 29.2 Å². The Balaban J connectivity index is 1.35. The third-order valence-corrected chi connectivity index (χ3v) is 47.4. The average Bonchev–Trinajstić information content (AvgIpc) is 3.94. The third-order valence-electron chi connectivity index (χ3n) is 16.1. The molecule has 8 heteroatoms. The molecule has 0 saturated heterocycles. The van der Waals surface area contributed by atoms with E-state index in [0.717, 1.165) is 12.8 Å². The summed E-state index contributed by atoms with van der Waals surface area (Å²) in [6.45, 7) is 39.4. The molecule has 0 saturated carbocycles. The molecule has 0 radical (unpaired) electrons. The van der Waals surface area contributed by atoms with Crippen LogP contribution in [0.2, 0.25) is 78.6 Å². The first kappa shape index (κ1) is 50.3. The average molecular weight is 1100 g/mol. The number of aryl methyl sites for hydroxylation is 2. The van der Waals surface area contributed by atoms with Crippen LogP contribution in [0.4, 0.5) is 0 Å². The zero-order valence-corrected chi connectivity index (χ0v) is 53.4. The zero-order valence-electron chi connectivity index (χ0n) is 44.0. The first-order valence-electron chi connectivity index (χ1n) is 25.4. The van der Waals surface area contributed by atoms with Gasteiger partial charge in [0.15, 0.2) is 0 Å². The van der Waals surface area contributed by atoms with Crippen LogP contribution in [0, 0.1) is 0 Å². The van der Waals surface area contributed by atoms with Crippen LogP contribution >= 0.6 is 17.0 Å². The Bertz CT molecular complexity index is 2910. The summed E-state index contributed by atoms with van der Waals surface area (Å²) in [6, 6.07) is 41.4. The molecule has 1 heterocycles. The van der Waals surface area contributed by atoms with E-state index in [2.05, 4.69) is 222 Å². The maximum atomic E-state index is 9.43. The molecule has 0 aromatic heterocycles. The van der Waals surface area contributed by atoms with E-state index < -0.39 is 58.2 Å². The molecule has 2 aliphatic carbocycles. The van der Waals surface area contributed by atoms with Crippen molar-refractivity contribution in [3.8, 4) is 33.4 Å². The van der Waals surface area contributed by atoms with Crippen LogP contribution in [0.3, 0.4) is 0 Å². The Morgan fingerprint density at radius 3 is 1.28 bits per heavy atom. The van der Waals surface area contributed by atoms with E-state index >= 15 is 0 Å². The number of halogens is 2. The van der Waals surface area contributed by atoms with Crippen molar-refractivity contribution in [1.29, 1.82) is 0 Å². The van der Waals surface area contributed by atoms with Gasteiger partial charge in [-0.2, -0.15) is 0 Å². The molecular formula is C60H75Cl2Si5Zr. The molecule has 0 amide bonds. The summed E-state index contributed by atoms with van der Waals surface area (Å²) < 4.78 is 1.09. The molecule has 2 atom stereocenters. The third kappa shape index (κ3) is 8.29. The summed E-state index contributed by atoms with van der Waals surface area (Å²) in [5.41, 5.74) is 19.1. The molecule has 0 spiro atoms. The number of hydrogen-bond acceptors (Lipinski definition) is 0. The number of benzene rings is 6. The van der Waals surface area contributed by atoms with E-state index in [4.69, 9.17) is 0 Å². The number of fused-ring (bicyclic) bond motifs is 5. The number of allylic oxidation sites excluding steroid dienone is 2. The van der Waals surface area contributed by atoms with Crippen LogP contribution in [0.25, 0.3) is 45.5 Å². The van der Waals surface area contributed by atoms with E-state index in [1.807, 2.05) is 0 Å². The van der Waals surface area contributed by atoms with Gasteiger partial charge in [0.1, 0.15) is 0 Å². The van der Waals surface area contributed by atoms with Gasteiger partial charge in [-0.1, -0.05) is 0 Å². The van der Waals surface area contributed by atoms with Crippen molar-refractivity contribution in [2.45, 2.75) is 126 Å². The summed E-state index contributed by atoms with van der Waals surface area (Å²) in [4.78, 5) is 0. The fraction of sp³-hybridized carbons (Fsp3) is 0.333. The van der Waals surface area contributed by atoms with Crippen LogP contribution in [0.1, 0.15) is 68.3 Å². The predicted molar refractivity (Wildman–Crippen MR) is 318 cm³/mol. The maximum absolute atomic E-state index is 9.43. The first-order valence-corrected chi connectivity index (χ1v) is 51.3. The van der Waals surface area contributed by atoms with Crippen molar-refractivity contribution < 1.29 is 16.4 Å². The molecule has 353 valence electrons. The van der Waals surface area contributed by atoms with E-state index in [1.54, 1.807) is 20.7 Å². The topological polar surface area (TPSA) is 0 Å². The van der Waals surface area contributed by atoms with Gasteiger partial charge in [0.05, 0.1) is 0 Å². The Hall–Kier alpha value is -2.65. The van der Waals surface area contributed by atoms with E-state index in [9.17, 15) is 17.0 Å². The summed E-state index contributed by atoms with van der Waals surface area (Å²) in [5, 5.41) is 9.17. The van der Waals surface area contributed by atoms with Gasteiger partial charge in [-0.25, -0.2) is 0 Å². The first-order chi connectivity index (χ1) is 31.7. The van der Waals surface area contributed by atoms with Gasteiger partial charge in [0.2, 0.25) is 0 Å². The fourth-order valence-electron chi connectivity index (χ4n) is 12.3. The van der Waals surface area contributed by atoms with Crippen LogP contribution in [-0.4, -0.2) is 41.8 Å². The summed E-state index contributed by atoms with van der Waals surface area (Å²) in [7, 11) is 11.4. The van der Waals surface area contributed by atoms with Crippen molar-refractivity contribution >= 4 is 105 Å². The number of hydrogen-bond donors (Lipinski definition) is 0. The van der Waals surface area contributed by atoms with E-state index in [-0.39, 0.29) is 7.25 Å². The Labute approximate surface area is 425 Å². The zero-order chi connectivity index (χ0) is 49.3. The Morgan fingerprint density at radius 2 is 0.882 bits per heavy atom. The Morgan fingerprint density at radius 1 is 0.485 bits per heavy atom. The molecule has 1 aliphatic heterocycles. The summed E-state index contributed by atoms with van der Waals surface area (Å²) in [5.74, 6) is 0.